The van der Waals surface area contributed by atoms with Crippen molar-refractivity contribution in [2.75, 3.05) is 11.9 Å². The normalized spacial score (nSPS) is 10.7. The van der Waals surface area contributed by atoms with Crippen LogP contribution >= 0.6 is 0 Å². The molecule has 0 aliphatic heterocycles. The lowest BCUT2D eigenvalue weighted by atomic mass is 10.2. The topological polar surface area (TPSA) is 136 Å². The number of nitro groups is 1. The van der Waals surface area contributed by atoms with E-state index < -0.39 is 10.7 Å². The minimum absolute atomic E-state index is 0.126. The zero-order valence-corrected chi connectivity index (χ0v) is 16.2. The van der Waals surface area contributed by atoms with Gasteiger partial charge in [0.25, 0.3) is 11.6 Å². The molecule has 3 aromatic rings. The van der Waals surface area contributed by atoms with Crippen LogP contribution in [0.15, 0.2) is 51.7 Å². The number of amides is 2. The molecular weight excluding hydrogens is 392 g/mol. The molecule has 0 spiro atoms. The molecule has 2 amide bonds. The van der Waals surface area contributed by atoms with Crippen LogP contribution < -0.4 is 16.4 Å². The van der Waals surface area contributed by atoms with Crippen molar-refractivity contribution < 1.29 is 18.9 Å². The fourth-order valence-electron chi connectivity index (χ4n) is 3.00. The molecule has 0 aliphatic rings. The Hall–Kier alpha value is -3.95. The second kappa shape index (κ2) is 9.03. The lowest BCUT2D eigenvalue weighted by molar-refractivity contribution is -0.384. The number of fused-ring (bicyclic) bond motifs is 1. The standard InChI is InChI=1S/C20H20N4O6/c1-2-21-19(26)13-5-3-6-14(11-13)22-18(25)7-4-10-23-16-9-8-15(24(28)29)12-17(16)30-20(23)27/h3,5-6,8-9,11-12H,2,4,7,10H2,1H3,(H,21,26)(H,22,25). The first-order valence-electron chi connectivity index (χ1n) is 9.35. The number of carbonyl (C=O) groups is 2. The van der Waals surface area contributed by atoms with Crippen LogP contribution in [-0.2, 0) is 11.3 Å². The van der Waals surface area contributed by atoms with Gasteiger partial charge in [-0.1, -0.05) is 6.07 Å². The minimum Gasteiger partial charge on any atom is -0.407 e. The molecule has 1 heterocycles. The molecule has 0 bridgehead atoms. The van der Waals surface area contributed by atoms with Crippen molar-refractivity contribution in [2.24, 2.45) is 0 Å². The second-order valence-electron chi connectivity index (χ2n) is 6.52. The quantitative estimate of drug-likeness (QED) is 0.431. The average Bonchev–Trinajstić information content (AvgIpc) is 3.03. The summed E-state index contributed by atoms with van der Waals surface area (Å²) in [5, 5.41) is 16.3. The summed E-state index contributed by atoms with van der Waals surface area (Å²) in [7, 11) is 0. The van der Waals surface area contributed by atoms with Gasteiger partial charge >= 0.3 is 5.76 Å². The number of carbonyl (C=O) groups excluding carboxylic acids is 2. The van der Waals surface area contributed by atoms with Crippen molar-refractivity contribution in [1.82, 2.24) is 9.88 Å². The lowest BCUT2D eigenvalue weighted by Gasteiger charge is -2.08. The minimum atomic E-state index is -0.638. The van der Waals surface area contributed by atoms with Crippen LogP contribution in [0.2, 0.25) is 0 Å². The van der Waals surface area contributed by atoms with Crippen LogP contribution in [0, 0.1) is 10.1 Å². The molecule has 1 aromatic heterocycles. The number of nitrogens with zero attached hydrogens (tertiary/aromatic N) is 2. The van der Waals surface area contributed by atoms with Crippen LogP contribution in [0.25, 0.3) is 11.1 Å². The van der Waals surface area contributed by atoms with E-state index in [2.05, 4.69) is 10.6 Å². The van der Waals surface area contributed by atoms with Crippen LogP contribution in [0.1, 0.15) is 30.1 Å². The maximum Gasteiger partial charge on any atom is 0.419 e. The van der Waals surface area contributed by atoms with Gasteiger partial charge in [-0.25, -0.2) is 4.79 Å². The van der Waals surface area contributed by atoms with Gasteiger partial charge in [-0.2, -0.15) is 0 Å². The highest BCUT2D eigenvalue weighted by atomic mass is 16.6. The number of rotatable bonds is 8. The van der Waals surface area contributed by atoms with Gasteiger partial charge in [0.2, 0.25) is 5.91 Å². The second-order valence-corrected chi connectivity index (χ2v) is 6.52. The Morgan fingerprint density at radius 3 is 2.73 bits per heavy atom. The Balaban J connectivity index is 1.60. The summed E-state index contributed by atoms with van der Waals surface area (Å²) in [6.07, 6.45) is 0.491. The molecule has 0 fully saturated rings. The Labute approximate surface area is 170 Å². The highest BCUT2D eigenvalue weighted by Gasteiger charge is 2.14. The first-order valence-corrected chi connectivity index (χ1v) is 9.35. The van der Waals surface area contributed by atoms with Crippen molar-refractivity contribution in [1.29, 1.82) is 0 Å². The average molecular weight is 412 g/mol. The third kappa shape index (κ3) is 4.72. The summed E-state index contributed by atoms with van der Waals surface area (Å²) >= 11 is 0. The molecule has 0 saturated heterocycles. The van der Waals surface area contributed by atoms with E-state index in [1.165, 1.54) is 22.8 Å². The van der Waals surface area contributed by atoms with Gasteiger partial charge in [-0.15, -0.1) is 0 Å². The summed E-state index contributed by atoms with van der Waals surface area (Å²) in [5.74, 6) is -1.12. The molecule has 2 N–H and O–H groups in total. The molecule has 0 atom stereocenters. The fraction of sp³-hybridized carbons (Fsp3) is 0.250. The van der Waals surface area contributed by atoms with Gasteiger partial charge in [0, 0.05) is 36.8 Å². The number of non-ortho nitro benzene ring substituents is 1. The van der Waals surface area contributed by atoms with Gasteiger partial charge in [0.15, 0.2) is 5.58 Å². The van der Waals surface area contributed by atoms with Crippen molar-refractivity contribution in [3.8, 4) is 0 Å². The Bertz CT molecular complexity index is 1160. The molecule has 0 saturated carbocycles. The van der Waals surface area contributed by atoms with Crippen LogP contribution in [0.4, 0.5) is 11.4 Å². The van der Waals surface area contributed by atoms with Gasteiger partial charge in [0.1, 0.15) is 0 Å². The first-order chi connectivity index (χ1) is 14.4. The van der Waals surface area contributed by atoms with Crippen molar-refractivity contribution in [3.63, 3.8) is 0 Å². The summed E-state index contributed by atoms with van der Waals surface area (Å²) in [6.45, 7) is 2.54. The maximum atomic E-state index is 12.2. The number of aromatic nitrogens is 1. The number of oxazole rings is 1. The lowest BCUT2D eigenvalue weighted by Crippen LogP contribution is -2.22. The van der Waals surface area contributed by atoms with Crippen LogP contribution in [0.5, 0.6) is 0 Å². The molecule has 10 heteroatoms. The van der Waals surface area contributed by atoms with E-state index >= 15 is 0 Å². The molecule has 156 valence electrons. The molecule has 30 heavy (non-hydrogen) atoms. The highest BCUT2D eigenvalue weighted by molar-refractivity contribution is 5.97. The number of aryl methyl sites for hydroxylation is 1. The molecule has 0 unspecified atom stereocenters. The van der Waals surface area contributed by atoms with Crippen LogP contribution in [0.3, 0.4) is 0 Å². The predicted molar refractivity (Wildman–Crippen MR) is 109 cm³/mol. The van der Waals surface area contributed by atoms with Crippen LogP contribution in [-0.4, -0.2) is 27.8 Å². The Kier molecular flexibility index (Phi) is 6.26. The summed E-state index contributed by atoms with van der Waals surface area (Å²) in [5.41, 5.74) is 1.33. The smallest absolute Gasteiger partial charge is 0.407 e. The van der Waals surface area contributed by atoms with Gasteiger partial charge in [0.05, 0.1) is 16.5 Å². The third-order valence-corrected chi connectivity index (χ3v) is 4.39. The molecule has 0 aliphatic carbocycles. The van der Waals surface area contributed by atoms with Gasteiger partial charge in [-0.05, 0) is 37.6 Å². The monoisotopic (exact) mass is 412 g/mol. The fourth-order valence-corrected chi connectivity index (χ4v) is 3.00. The number of anilines is 1. The molecular formula is C20H20N4O6. The number of benzene rings is 2. The Morgan fingerprint density at radius 2 is 2.00 bits per heavy atom. The first kappa shape index (κ1) is 20.8. The number of hydrogen-bond donors (Lipinski definition) is 2. The van der Waals surface area contributed by atoms with E-state index in [0.717, 1.165) is 0 Å². The summed E-state index contributed by atoms with van der Waals surface area (Å²) in [6, 6.07) is 10.5. The maximum absolute atomic E-state index is 12.2. The van der Waals surface area contributed by atoms with E-state index in [4.69, 9.17) is 4.42 Å². The van der Waals surface area contributed by atoms with Gasteiger partial charge in [-0.3, -0.25) is 24.3 Å². The largest absolute Gasteiger partial charge is 0.419 e. The van der Waals surface area contributed by atoms with E-state index in [-0.39, 0.29) is 36.1 Å². The van der Waals surface area contributed by atoms with E-state index in [0.29, 0.717) is 29.7 Å². The number of hydrogen-bond acceptors (Lipinski definition) is 6. The summed E-state index contributed by atoms with van der Waals surface area (Å²) in [4.78, 5) is 46.4. The molecule has 2 aromatic carbocycles. The highest BCUT2D eigenvalue weighted by Crippen LogP contribution is 2.20. The summed E-state index contributed by atoms with van der Waals surface area (Å²) < 4.78 is 6.40. The van der Waals surface area contributed by atoms with Crippen molar-refractivity contribution in [3.05, 3.63) is 68.7 Å². The number of nitro benzene ring substituents is 1. The third-order valence-electron chi connectivity index (χ3n) is 4.39. The zero-order chi connectivity index (χ0) is 21.7. The zero-order valence-electron chi connectivity index (χ0n) is 16.2. The molecule has 10 nitrogen and oxygen atoms in total. The van der Waals surface area contributed by atoms with E-state index in [9.17, 15) is 24.5 Å². The van der Waals surface area contributed by atoms with E-state index in [1.54, 1.807) is 24.3 Å². The Morgan fingerprint density at radius 1 is 1.20 bits per heavy atom. The van der Waals surface area contributed by atoms with Crippen molar-refractivity contribution in [2.45, 2.75) is 26.3 Å². The van der Waals surface area contributed by atoms with Crippen molar-refractivity contribution >= 4 is 34.3 Å². The predicted octanol–water partition coefficient (Wildman–Crippen LogP) is 2.67. The molecule has 3 rings (SSSR count). The molecule has 0 radical (unpaired) electrons. The number of nitrogens with one attached hydrogen (secondary N) is 2. The van der Waals surface area contributed by atoms with E-state index in [1.807, 2.05) is 6.92 Å². The van der Waals surface area contributed by atoms with Gasteiger partial charge < -0.3 is 15.1 Å². The SMILES string of the molecule is CCNC(=O)c1cccc(NC(=O)CCCn2c(=O)oc3cc([N+](=O)[O-])ccc32)c1.